The minimum atomic E-state index is -0.185. The van der Waals surface area contributed by atoms with Crippen LogP contribution in [0.1, 0.15) is 12.5 Å². The number of morpholine rings is 1. The zero-order chi connectivity index (χ0) is 14.8. The van der Waals surface area contributed by atoms with E-state index in [0.29, 0.717) is 26.3 Å². The molecule has 1 saturated heterocycles. The summed E-state index contributed by atoms with van der Waals surface area (Å²) in [5.74, 6) is 0.169. The van der Waals surface area contributed by atoms with Crippen LogP contribution in [0.5, 0.6) is 0 Å². The van der Waals surface area contributed by atoms with Crippen molar-refractivity contribution in [3.8, 4) is 0 Å². The molecule has 0 aliphatic carbocycles. The number of hydrogen-bond donors (Lipinski definition) is 1. The number of fused-ring (bicyclic) bond motifs is 1. The van der Waals surface area contributed by atoms with Crippen LogP contribution >= 0.6 is 0 Å². The zero-order valence-corrected chi connectivity index (χ0v) is 12.5. The molecule has 1 fully saturated rings. The van der Waals surface area contributed by atoms with Crippen LogP contribution in [0.3, 0.4) is 0 Å². The fourth-order valence-electron chi connectivity index (χ4n) is 3.21. The first-order valence-corrected chi connectivity index (χ1v) is 7.63. The number of ether oxygens (including phenoxy) is 1. The molecule has 2 aliphatic rings. The van der Waals surface area contributed by atoms with Gasteiger partial charge in [0, 0.05) is 31.4 Å². The highest BCUT2D eigenvalue weighted by atomic mass is 16.5. The van der Waals surface area contributed by atoms with Crippen molar-refractivity contribution in [2.24, 2.45) is 5.73 Å². The Labute approximate surface area is 125 Å². The Morgan fingerprint density at radius 2 is 2.05 bits per heavy atom. The first-order valence-electron chi connectivity index (χ1n) is 7.63. The number of benzene rings is 1. The maximum Gasteiger partial charge on any atom is 0.245 e. The van der Waals surface area contributed by atoms with Crippen molar-refractivity contribution in [2.75, 3.05) is 37.7 Å². The summed E-state index contributed by atoms with van der Waals surface area (Å²) in [5, 5.41) is 0. The van der Waals surface area contributed by atoms with Gasteiger partial charge in [-0.15, -0.1) is 0 Å². The van der Waals surface area contributed by atoms with Crippen molar-refractivity contribution in [1.29, 1.82) is 0 Å². The molecular formula is C16H23N3O2. The van der Waals surface area contributed by atoms with Crippen molar-refractivity contribution in [2.45, 2.75) is 25.4 Å². The van der Waals surface area contributed by atoms with E-state index in [9.17, 15) is 4.79 Å². The van der Waals surface area contributed by atoms with E-state index in [-0.39, 0.29) is 18.0 Å². The molecular weight excluding hydrogens is 266 g/mol. The molecule has 1 amide bonds. The van der Waals surface area contributed by atoms with Gasteiger partial charge < -0.3 is 20.3 Å². The topological polar surface area (TPSA) is 58.8 Å². The van der Waals surface area contributed by atoms with Gasteiger partial charge in [-0.1, -0.05) is 18.2 Å². The van der Waals surface area contributed by atoms with E-state index >= 15 is 0 Å². The molecule has 0 saturated carbocycles. The normalized spacial score (nSPS) is 23.6. The van der Waals surface area contributed by atoms with Gasteiger partial charge in [0.15, 0.2) is 0 Å². The number of nitrogens with two attached hydrogens (primary N) is 1. The second-order valence-electron chi connectivity index (χ2n) is 5.86. The Kier molecular flexibility index (Phi) is 4.12. The summed E-state index contributed by atoms with van der Waals surface area (Å²) in [6.07, 6.45) is 0.880. The van der Waals surface area contributed by atoms with Gasteiger partial charge in [0.05, 0.1) is 13.2 Å². The van der Waals surface area contributed by atoms with Crippen LogP contribution < -0.4 is 10.6 Å². The van der Waals surface area contributed by atoms with Crippen molar-refractivity contribution < 1.29 is 9.53 Å². The van der Waals surface area contributed by atoms with Gasteiger partial charge in [-0.2, -0.15) is 0 Å². The standard InChI is InChI=1S/C16H23N3O2/c1-12(16(20)18-6-8-21-9-7-18)19-11-14(17)10-13-4-2-3-5-15(13)19/h2-5,12,14H,6-11,17H2,1H3. The summed E-state index contributed by atoms with van der Waals surface area (Å²) in [5.41, 5.74) is 8.55. The molecule has 2 N–H and O–H groups in total. The SMILES string of the molecule is CC(C(=O)N1CCOCC1)N1CC(N)Cc2ccccc21. The van der Waals surface area contributed by atoms with Gasteiger partial charge in [-0.3, -0.25) is 4.79 Å². The Hall–Kier alpha value is -1.59. The van der Waals surface area contributed by atoms with Gasteiger partial charge in [-0.25, -0.2) is 0 Å². The molecule has 2 atom stereocenters. The van der Waals surface area contributed by atoms with Crippen LogP contribution in [0.15, 0.2) is 24.3 Å². The molecule has 5 nitrogen and oxygen atoms in total. The zero-order valence-electron chi connectivity index (χ0n) is 12.5. The van der Waals surface area contributed by atoms with Crippen LogP contribution in [0.4, 0.5) is 5.69 Å². The maximum absolute atomic E-state index is 12.7. The first kappa shape index (κ1) is 14.4. The van der Waals surface area contributed by atoms with E-state index in [0.717, 1.165) is 18.7 Å². The first-order chi connectivity index (χ1) is 10.2. The molecule has 1 aromatic rings. The predicted molar refractivity (Wildman–Crippen MR) is 82.3 cm³/mol. The third kappa shape index (κ3) is 2.89. The molecule has 21 heavy (non-hydrogen) atoms. The summed E-state index contributed by atoms with van der Waals surface area (Å²) < 4.78 is 5.32. The van der Waals surface area contributed by atoms with Crippen LogP contribution in [0, 0.1) is 0 Å². The Morgan fingerprint density at radius 3 is 2.81 bits per heavy atom. The summed E-state index contributed by atoms with van der Waals surface area (Å²) >= 11 is 0. The smallest absolute Gasteiger partial charge is 0.245 e. The van der Waals surface area contributed by atoms with Gasteiger partial charge in [0.25, 0.3) is 0 Å². The number of hydrogen-bond acceptors (Lipinski definition) is 4. The Balaban J connectivity index is 1.80. The van der Waals surface area contributed by atoms with E-state index in [4.69, 9.17) is 10.5 Å². The third-order valence-electron chi connectivity index (χ3n) is 4.36. The van der Waals surface area contributed by atoms with E-state index < -0.39 is 0 Å². The van der Waals surface area contributed by atoms with Gasteiger partial charge in [0.1, 0.15) is 6.04 Å². The maximum atomic E-state index is 12.7. The van der Waals surface area contributed by atoms with Crippen molar-refractivity contribution >= 4 is 11.6 Å². The molecule has 5 heteroatoms. The summed E-state index contributed by atoms with van der Waals surface area (Å²) in [6.45, 7) is 5.35. The molecule has 3 rings (SSSR count). The number of carbonyl (C=O) groups excluding carboxylic acids is 1. The lowest BCUT2D eigenvalue weighted by Gasteiger charge is -2.40. The molecule has 2 unspecified atom stereocenters. The van der Waals surface area contributed by atoms with E-state index in [1.165, 1.54) is 5.56 Å². The lowest BCUT2D eigenvalue weighted by atomic mass is 9.97. The van der Waals surface area contributed by atoms with Crippen molar-refractivity contribution in [1.82, 2.24) is 4.90 Å². The molecule has 114 valence electrons. The summed E-state index contributed by atoms with van der Waals surface area (Å²) in [4.78, 5) is 16.8. The number of amides is 1. The average molecular weight is 289 g/mol. The fraction of sp³-hybridized carbons (Fsp3) is 0.562. The number of anilines is 1. The Bertz CT molecular complexity index is 514. The monoisotopic (exact) mass is 289 g/mol. The van der Waals surface area contributed by atoms with Gasteiger partial charge in [-0.05, 0) is 25.0 Å². The van der Waals surface area contributed by atoms with Gasteiger partial charge in [0.2, 0.25) is 5.91 Å². The summed E-state index contributed by atoms with van der Waals surface area (Å²) in [7, 11) is 0. The van der Waals surface area contributed by atoms with Crippen LogP contribution in [0.25, 0.3) is 0 Å². The molecule has 0 aromatic heterocycles. The molecule has 0 bridgehead atoms. The highest BCUT2D eigenvalue weighted by molar-refractivity contribution is 5.85. The van der Waals surface area contributed by atoms with Gasteiger partial charge >= 0.3 is 0 Å². The Morgan fingerprint density at radius 1 is 1.33 bits per heavy atom. The van der Waals surface area contributed by atoms with E-state index in [1.54, 1.807) is 0 Å². The quantitative estimate of drug-likeness (QED) is 0.867. The average Bonchev–Trinajstić information content (AvgIpc) is 2.53. The number of nitrogens with zero attached hydrogens (tertiary/aromatic N) is 2. The predicted octanol–water partition coefficient (Wildman–Crippen LogP) is 0.624. The third-order valence-corrected chi connectivity index (χ3v) is 4.36. The van der Waals surface area contributed by atoms with E-state index in [1.807, 2.05) is 24.0 Å². The highest BCUT2D eigenvalue weighted by Crippen LogP contribution is 2.28. The van der Waals surface area contributed by atoms with Crippen molar-refractivity contribution in [3.63, 3.8) is 0 Å². The highest BCUT2D eigenvalue weighted by Gasteiger charge is 2.31. The lowest BCUT2D eigenvalue weighted by molar-refractivity contribution is -0.136. The lowest BCUT2D eigenvalue weighted by Crippen LogP contribution is -2.55. The van der Waals surface area contributed by atoms with Crippen LogP contribution in [-0.4, -0.2) is 55.7 Å². The van der Waals surface area contributed by atoms with Crippen LogP contribution in [-0.2, 0) is 16.0 Å². The number of para-hydroxylation sites is 1. The van der Waals surface area contributed by atoms with Crippen LogP contribution in [0.2, 0.25) is 0 Å². The minimum Gasteiger partial charge on any atom is -0.378 e. The molecule has 0 spiro atoms. The second kappa shape index (κ2) is 6.03. The second-order valence-corrected chi connectivity index (χ2v) is 5.86. The molecule has 2 aliphatic heterocycles. The van der Waals surface area contributed by atoms with Crippen molar-refractivity contribution in [3.05, 3.63) is 29.8 Å². The molecule has 2 heterocycles. The number of carbonyl (C=O) groups is 1. The minimum absolute atomic E-state index is 0.0832. The largest absolute Gasteiger partial charge is 0.378 e. The fourth-order valence-corrected chi connectivity index (χ4v) is 3.21. The van der Waals surface area contributed by atoms with E-state index in [2.05, 4.69) is 17.0 Å². The molecule has 1 aromatic carbocycles. The molecule has 0 radical (unpaired) electrons. The summed E-state index contributed by atoms with van der Waals surface area (Å²) in [6, 6.07) is 8.14. The number of rotatable bonds is 2.